The first-order chi connectivity index (χ1) is 6.62. The Morgan fingerprint density at radius 3 is 2.36 bits per heavy atom. The molecule has 0 aliphatic heterocycles. The minimum Gasteiger partial charge on any atom is -0.317 e. The molecule has 0 aliphatic carbocycles. The number of nitrogens with one attached hydrogen (secondary N) is 1. The second-order valence-corrected chi connectivity index (χ2v) is 5.98. The predicted molar refractivity (Wildman–Crippen MR) is 61.8 cm³/mol. The molecular weight excluding hydrogens is 222 g/mol. The number of unbranched alkanes of at least 4 members (excludes halogenated alkanes) is 1. The van der Waals surface area contributed by atoms with E-state index in [0.717, 1.165) is 25.9 Å². The molecule has 1 N–H and O–H groups in total. The Balaban J connectivity index is 3.35. The van der Waals surface area contributed by atoms with Crippen LogP contribution >= 0.6 is 11.6 Å². The highest BCUT2D eigenvalue weighted by Gasteiger charge is 2.08. The molecule has 0 radical (unpaired) electrons. The van der Waals surface area contributed by atoms with Crippen LogP contribution in [-0.4, -0.2) is 38.9 Å². The van der Waals surface area contributed by atoms with Gasteiger partial charge in [0.1, 0.15) is 0 Å². The lowest BCUT2D eigenvalue weighted by Gasteiger charge is -2.04. The van der Waals surface area contributed by atoms with Gasteiger partial charge in [0.25, 0.3) is 0 Å². The first kappa shape index (κ1) is 14.2. The van der Waals surface area contributed by atoms with E-state index in [4.69, 9.17) is 11.6 Å². The monoisotopic (exact) mass is 241 g/mol. The molecule has 0 amide bonds. The van der Waals surface area contributed by atoms with Gasteiger partial charge in [-0.05, 0) is 25.9 Å². The SMILES string of the molecule is CCCCNCCCS(=O)(=O)CCCl. The van der Waals surface area contributed by atoms with Gasteiger partial charge in [0.2, 0.25) is 0 Å². The fourth-order valence-electron chi connectivity index (χ4n) is 1.06. The molecule has 0 aromatic heterocycles. The standard InChI is InChI=1S/C9H20ClNO2S/c1-2-3-6-11-7-4-8-14(12,13)9-5-10/h11H,2-9H2,1H3. The zero-order valence-corrected chi connectivity index (χ0v) is 10.3. The smallest absolute Gasteiger partial charge is 0.151 e. The molecule has 86 valence electrons. The number of halogens is 1. The van der Waals surface area contributed by atoms with Crippen molar-refractivity contribution in [1.82, 2.24) is 5.32 Å². The van der Waals surface area contributed by atoms with Crippen LogP contribution in [0, 0.1) is 0 Å². The topological polar surface area (TPSA) is 46.2 Å². The molecule has 0 atom stereocenters. The van der Waals surface area contributed by atoms with Gasteiger partial charge in [0.15, 0.2) is 9.84 Å². The van der Waals surface area contributed by atoms with Crippen molar-refractivity contribution < 1.29 is 8.42 Å². The zero-order chi connectivity index (χ0) is 10.9. The first-order valence-electron chi connectivity index (χ1n) is 5.09. The summed E-state index contributed by atoms with van der Waals surface area (Å²) in [7, 11) is -2.90. The van der Waals surface area contributed by atoms with Crippen LogP contribution in [0.5, 0.6) is 0 Å². The summed E-state index contributed by atoms with van der Waals surface area (Å²) in [5, 5.41) is 3.20. The number of sulfone groups is 1. The Morgan fingerprint density at radius 2 is 1.79 bits per heavy atom. The average molecular weight is 242 g/mol. The van der Waals surface area contributed by atoms with E-state index >= 15 is 0 Å². The van der Waals surface area contributed by atoms with Crippen molar-refractivity contribution in [2.24, 2.45) is 0 Å². The molecule has 0 unspecified atom stereocenters. The third kappa shape index (κ3) is 8.78. The number of hydrogen-bond acceptors (Lipinski definition) is 3. The summed E-state index contributed by atoms with van der Waals surface area (Å²) in [6, 6.07) is 0. The summed E-state index contributed by atoms with van der Waals surface area (Å²) >= 11 is 5.37. The highest BCUT2D eigenvalue weighted by Crippen LogP contribution is 1.95. The second kappa shape index (κ2) is 8.50. The molecule has 0 bridgehead atoms. The van der Waals surface area contributed by atoms with Crippen LogP contribution in [0.3, 0.4) is 0 Å². The molecule has 0 aliphatic rings. The van der Waals surface area contributed by atoms with Crippen LogP contribution in [0.25, 0.3) is 0 Å². The van der Waals surface area contributed by atoms with Crippen LogP contribution < -0.4 is 5.32 Å². The summed E-state index contributed by atoms with van der Waals surface area (Å²) in [5.74, 6) is 0.550. The third-order valence-electron chi connectivity index (χ3n) is 1.90. The van der Waals surface area contributed by atoms with Gasteiger partial charge in [-0.15, -0.1) is 11.6 Å². The van der Waals surface area contributed by atoms with Gasteiger partial charge < -0.3 is 5.32 Å². The summed E-state index contributed by atoms with van der Waals surface area (Å²) in [6.07, 6.45) is 2.99. The van der Waals surface area contributed by atoms with Crippen LogP contribution in [-0.2, 0) is 9.84 Å². The van der Waals surface area contributed by atoms with Gasteiger partial charge in [-0.1, -0.05) is 13.3 Å². The molecule has 0 rings (SSSR count). The third-order valence-corrected chi connectivity index (χ3v) is 4.05. The Hall–Kier alpha value is 0.200. The van der Waals surface area contributed by atoms with Gasteiger partial charge in [-0.3, -0.25) is 0 Å². The molecule has 0 aromatic rings. The number of rotatable bonds is 9. The van der Waals surface area contributed by atoms with Crippen molar-refractivity contribution >= 4 is 21.4 Å². The molecule has 3 nitrogen and oxygen atoms in total. The second-order valence-electron chi connectivity index (χ2n) is 3.30. The molecule has 0 saturated heterocycles. The first-order valence-corrected chi connectivity index (χ1v) is 7.45. The molecule has 0 saturated carbocycles. The normalized spacial score (nSPS) is 11.9. The molecular formula is C9H20ClNO2S. The van der Waals surface area contributed by atoms with Crippen LogP contribution in [0.4, 0.5) is 0 Å². The Labute approximate surface area is 92.1 Å². The van der Waals surface area contributed by atoms with Gasteiger partial charge in [0.05, 0.1) is 11.5 Å². The van der Waals surface area contributed by atoms with Crippen LogP contribution in [0.15, 0.2) is 0 Å². The fourth-order valence-corrected chi connectivity index (χ4v) is 2.79. The van der Waals surface area contributed by atoms with E-state index in [1.54, 1.807) is 0 Å². The van der Waals surface area contributed by atoms with Crippen molar-refractivity contribution in [2.75, 3.05) is 30.5 Å². The van der Waals surface area contributed by atoms with Gasteiger partial charge >= 0.3 is 0 Å². The highest BCUT2D eigenvalue weighted by atomic mass is 35.5. The molecule has 0 spiro atoms. The summed E-state index contributed by atoms with van der Waals surface area (Å²) in [4.78, 5) is 0. The van der Waals surface area contributed by atoms with E-state index in [1.165, 1.54) is 0 Å². The Bertz CT molecular complexity index is 217. The van der Waals surface area contributed by atoms with Gasteiger partial charge in [0, 0.05) is 5.88 Å². The van der Waals surface area contributed by atoms with Crippen molar-refractivity contribution in [3.63, 3.8) is 0 Å². The van der Waals surface area contributed by atoms with E-state index in [1.807, 2.05) is 0 Å². The van der Waals surface area contributed by atoms with Gasteiger partial charge in [-0.2, -0.15) is 0 Å². The molecule has 5 heteroatoms. The van der Waals surface area contributed by atoms with Crippen LogP contribution in [0.1, 0.15) is 26.2 Å². The minimum atomic E-state index is -2.90. The maximum absolute atomic E-state index is 11.2. The largest absolute Gasteiger partial charge is 0.317 e. The molecule has 0 heterocycles. The van der Waals surface area contributed by atoms with Crippen molar-refractivity contribution in [3.8, 4) is 0 Å². The van der Waals surface area contributed by atoms with Gasteiger partial charge in [-0.25, -0.2) is 8.42 Å². The van der Waals surface area contributed by atoms with E-state index < -0.39 is 9.84 Å². The van der Waals surface area contributed by atoms with E-state index in [-0.39, 0.29) is 17.4 Å². The lowest BCUT2D eigenvalue weighted by molar-refractivity contribution is 0.587. The number of alkyl halides is 1. The zero-order valence-electron chi connectivity index (χ0n) is 8.76. The Morgan fingerprint density at radius 1 is 1.14 bits per heavy atom. The molecule has 0 fully saturated rings. The van der Waals surface area contributed by atoms with Crippen molar-refractivity contribution in [1.29, 1.82) is 0 Å². The summed E-state index contributed by atoms with van der Waals surface area (Å²) in [6.45, 7) is 3.89. The predicted octanol–water partition coefficient (Wildman–Crippen LogP) is 1.42. The summed E-state index contributed by atoms with van der Waals surface area (Å²) in [5.41, 5.74) is 0. The fraction of sp³-hybridized carbons (Fsp3) is 1.00. The average Bonchev–Trinajstić information content (AvgIpc) is 2.11. The molecule has 14 heavy (non-hydrogen) atoms. The lowest BCUT2D eigenvalue weighted by atomic mass is 10.3. The molecule has 0 aromatic carbocycles. The maximum Gasteiger partial charge on any atom is 0.151 e. The van der Waals surface area contributed by atoms with Crippen molar-refractivity contribution in [2.45, 2.75) is 26.2 Å². The highest BCUT2D eigenvalue weighted by molar-refractivity contribution is 7.91. The van der Waals surface area contributed by atoms with E-state index in [9.17, 15) is 8.42 Å². The number of hydrogen-bond donors (Lipinski definition) is 1. The summed E-state index contributed by atoms with van der Waals surface area (Å²) < 4.78 is 22.4. The van der Waals surface area contributed by atoms with Crippen LogP contribution in [0.2, 0.25) is 0 Å². The lowest BCUT2D eigenvalue weighted by Crippen LogP contribution is -2.20. The van der Waals surface area contributed by atoms with E-state index in [0.29, 0.717) is 6.42 Å². The maximum atomic E-state index is 11.2. The quantitative estimate of drug-likeness (QED) is 0.491. The van der Waals surface area contributed by atoms with E-state index in [2.05, 4.69) is 12.2 Å². The minimum absolute atomic E-state index is 0.101. The van der Waals surface area contributed by atoms with Crippen molar-refractivity contribution in [3.05, 3.63) is 0 Å². The Kier molecular flexibility index (Phi) is 8.63.